The van der Waals surface area contributed by atoms with Crippen molar-refractivity contribution in [1.82, 2.24) is 9.80 Å². The SMILES string of the molecule is CN(C)C(=O)c1cccc(CN(Cc2ccccc2)C2CCCCC2)c1. The smallest absolute Gasteiger partial charge is 0.253 e. The Morgan fingerprint density at radius 2 is 1.54 bits per heavy atom. The highest BCUT2D eigenvalue weighted by atomic mass is 16.2. The lowest BCUT2D eigenvalue weighted by molar-refractivity contribution is 0.0827. The van der Waals surface area contributed by atoms with Crippen molar-refractivity contribution in [2.45, 2.75) is 51.2 Å². The minimum Gasteiger partial charge on any atom is -0.345 e. The van der Waals surface area contributed by atoms with E-state index in [1.165, 1.54) is 43.2 Å². The number of hydrogen-bond acceptors (Lipinski definition) is 2. The summed E-state index contributed by atoms with van der Waals surface area (Å²) in [6.07, 6.45) is 6.58. The van der Waals surface area contributed by atoms with E-state index in [2.05, 4.69) is 47.4 Å². The molecule has 26 heavy (non-hydrogen) atoms. The monoisotopic (exact) mass is 350 g/mol. The fourth-order valence-corrected chi connectivity index (χ4v) is 3.87. The van der Waals surface area contributed by atoms with Crippen LogP contribution in [0.2, 0.25) is 0 Å². The molecule has 138 valence electrons. The zero-order valence-corrected chi connectivity index (χ0v) is 16.0. The number of amides is 1. The summed E-state index contributed by atoms with van der Waals surface area (Å²) in [6.45, 7) is 1.87. The molecule has 1 aliphatic rings. The highest BCUT2D eigenvalue weighted by Crippen LogP contribution is 2.26. The van der Waals surface area contributed by atoms with Gasteiger partial charge in [0.05, 0.1) is 0 Å². The molecule has 0 aliphatic heterocycles. The molecule has 3 heteroatoms. The number of benzene rings is 2. The van der Waals surface area contributed by atoms with Gasteiger partial charge in [-0.05, 0) is 36.1 Å². The normalized spacial score (nSPS) is 15.2. The second-order valence-electron chi connectivity index (χ2n) is 7.58. The fourth-order valence-electron chi connectivity index (χ4n) is 3.87. The molecular formula is C23H30N2O. The van der Waals surface area contributed by atoms with Crippen molar-refractivity contribution in [3.8, 4) is 0 Å². The quantitative estimate of drug-likeness (QED) is 0.752. The number of hydrogen-bond donors (Lipinski definition) is 0. The van der Waals surface area contributed by atoms with E-state index in [1.807, 2.05) is 12.1 Å². The van der Waals surface area contributed by atoms with Crippen molar-refractivity contribution in [2.75, 3.05) is 14.1 Å². The van der Waals surface area contributed by atoms with Crippen molar-refractivity contribution in [3.63, 3.8) is 0 Å². The Morgan fingerprint density at radius 1 is 0.885 bits per heavy atom. The second-order valence-corrected chi connectivity index (χ2v) is 7.58. The van der Waals surface area contributed by atoms with Crippen LogP contribution in [0.5, 0.6) is 0 Å². The van der Waals surface area contributed by atoms with Crippen LogP contribution in [0, 0.1) is 0 Å². The lowest BCUT2D eigenvalue weighted by Crippen LogP contribution is -2.36. The Labute approximate surface area is 157 Å². The first-order valence-electron chi connectivity index (χ1n) is 9.72. The maximum Gasteiger partial charge on any atom is 0.253 e. The molecule has 1 fully saturated rings. The topological polar surface area (TPSA) is 23.6 Å². The summed E-state index contributed by atoms with van der Waals surface area (Å²) < 4.78 is 0. The van der Waals surface area contributed by atoms with Crippen LogP contribution in [0.15, 0.2) is 54.6 Å². The molecule has 0 radical (unpaired) electrons. The van der Waals surface area contributed by atoms with Gasteiger partial charge in [0.25, 0.3) is 5.91 Å². The Balaban J connectivity index is 1.78. The summed E-state index contributed by atoms with van der Waals surface area (Å²) in [5.41, 5.74) is 3.36. The molecule has 3 nitrogen and oxygen atoms in total. The van der Waals surface area contributed by atoms with Crippen LogP contribution >= 0.6 is 0 Å². The van der Waals surface area contributed by atoms with Crippen LogP contribution in [0.25, 0.3) is 0 Å². The van der Waals surface area contributed by atoms with Gasteiger partial charge >= 0.3 is 0 Å². The molecule has 2 aromatic rings. The van der Waals surface area contributed by atoms with Gasteiger partial charge < -0.3 is 4.90 Å². The van der Waals surface area contributed by atoms with Crippen molar-refractivity contribution in [2.24, 2.45) is 0 Å². The molecule has 0 N–H and O–H groups in total. The molecule has 0 aromatic heterocycles. The van der Waals surface area contributed by atoms with E-state index in [1.54, 1.807) is 19.0 Å². The average Bonchev–Trinajstić information content (AvgIpc) is 2.68. The van der Waals surface area contributed by atoms with Crippen molar-refractivity contribution >= 4 is 5.91 Å². The van der Waals surface area contributed by atoms with Crippen LogP contribution in [0.1, 0.15) is 53.6 Å². The van der Waals surface area contributed by atoms with Gasteiger partial charge in [0.1, 0.15) is 0 Å². The first-order chi connectivity index (χ1) is 12.6. The van der Waals surface area contributed by atoms with Crippen LogP contribution < -0.4 is 0 Å². The van der Waals surface area contributed by atoms with E-state index >= 15 is 0 Å². The molecule has 0 spiro atoms. The molecular weight excluding hydrogens is 320 g/mol. The Kier molecular flexibility index (Phi) is 6.45. The third-order valence-corrected chi connectivity index (χ3v) is 5.29. The van der Waals surface area contributed by atoms with Crippen LogP contribution in [-0.4, -0.2) is 35.8 Å². The molecule has 0 bridgehead atoms. The third kappa shape index (κ3) is 4.95. The van der Waals surface area contributed by atoms with Gasteiger partial charge in [0.15, 0.2) is 0 Å². The van der Waals surface area contributed by atoms with E-state index in [9.17, 15) is 4.79 Å². The number of carbonyl (C=O) groups is 1. The average molecular weight is 351 g/mol. The maximum atomic E-state index is 12.3. The zero-order valence-electron chi connectivity index (χ0n) is 16.0. The Hall–Kier alpha value is -2.13. The summed E-state index contributed by atoms with van der Waals surface area (Å²) in [5, 5.41) is 0. The van der Waals surface area contributed by atoms with Gasteiger partial charge in [-0.25, -0.2) is 0 Å². The predicted octanol–water partition coefficient (Wildman–Crippen LogP) is 4.72. The molecule has 2 aromatic carbocycles. The van der Waals surface area contributed by atoms with Crippen molar-refractivity contribution in [1.29, 1.82) is 0 Å². The van der Waals surface area contributed by atoms with E-state index in [0.29, 0.717) is 6.04 Å². The van der Waals surface area contributed by atoms with Gasteiger partial charge in [-0.1, -0.05) is 61.7 Å². The first-order valence-corrected chi connectivity index (χ1v) is 9.72. The largest absolute Gasteiger partial charge is 0.345 e. The lowest BCUT2D eigenvalue weighted by Gasteiger charge is -2.34. The van der Waals surface area contributed by atoms with E-state index in [4.69, 9.17) is 0 Å². The first kappa shape index (κ1) is 18.7. The molecule has 1 amide bonds. The minimum absolute atomic E-state index is 0.0686. The van der Waals surface area contributed by atoms with Gasteiger partial charge in [0, 0.05) is 38.8 Å². The van der Waals surface area contributed by atoms with E-state index < -0.39 is 0 Å². The Bertz CT molecular complexity index is 705. The van der Waals surface area contributed by atoms with Crippen LogP contribution in [0.3, 0.4) is 0 Å². The molecule has 0 heterocycles. The maximum absolute atomic E-state index is 12.3. The molecule has 0 saturated heterocycles. The van der Waals surface area contributed by atoms with Crippen molar-refractivity contribution < 1.29 is 4.79 Å². The standard InChI is InChI=1S/C23H30N2O/c1-24(2)23(26)21-13-9-12-20(16-21)18-25(22-14-7-4-8-15-22)17-19-10-5-3-6-11-19/h3,5-6,9-13,16,22H,4,7-8,14-15,17-18H2,1-2H3. The van der Waals surface area contributed by atoms with Crippen LogP contribution in [-0.2, 0) is 13.1 Å². The summed E-state index contributed by atoms with van der Waals surface area (Å²) in [7, 11) is 3.61. The van der Waals surface area contributed by atoms with Crippen LogP contribution in [0.4, 0.5) is 0 Å². The van der Waals surface area contributed by atoms with Crippen molar-refractivity contribution in [3.05, 3.63) is 71.3 Å². The summed E-state index contributed by atoms with van der Waals surface area (Å²) in [6, 6.07) is 19.5. The molecule has 1 saturated carbocycles. The zero-order chi connectivity index (χ0) is 18.4. The summed E-state index contributed by atoms with van der Waals surface area (Å²) in [5.74, 6) is 0.0686. The van der Waals surface area contributed by atoms with Gasteiger partial charge in [-0.15, -0.1) is 0 Å². The highest BCUT2D eigenvalue weighted by Gasteiger charge is 2.22. The molecule has 3 rings (SSSR count). The number of carbonyl (C=O) groups excluding carboxylic acids is 1. The van der Waals surface area contributed by atoms with E-state index in [0.717, 1.165) is 18.7 Å². The lowest BCUT2D eigenvalue weighted by atomic mass is 9.93. The van der Waals surface area contributed by atoms with E-state index in [-0.39, 0.29) is 5.91 Å². The number of nitrogens with zero attached hydrogens (tertiary/aromatic N) is 2. The summed E-state index contributed by atoms with van der Waals surface area (Å²) in [4.78, 5) is 16.5. The summed E-state index contributed by atoms with van der Waals surface area (Å²) >= 11 is 0. The van der Waals surface area contributed by atoms with Gasteiger partial charge in [-0.3, -0.25) is 9.69 Å². The predicted molar refractivity (Wildman–Crippen MR) is 107 cm³/mol. The molecule has 0 atom stereocenters. The number of rotatable bonds is 6. The molecule has 0 unspecified atom stereocenters. The fraction of sp³-hybridized carbons (Fsp3) is 0.435. The van der Waals surface area contributed by atoms with Gasteiger partial charge in [0.2, 0.25) is 0 Å². The Morgan fingerprint density at radius 3 is 2.23 bits per heavy atom. The molecule has 1 aliphatic carbocycles. The minimum atomic E-state index is 0.0686. The second kappa shape index (κ2) is 9.00. The van der Waals surface area contributed by atoms with Gasteiger partial charge in [-0.2, -0.15) is 0 Å². The highest BCUT2D eigenvalue weighted by molar-refractivity contribution is 5.94. The third-order valence-electron chi connectivity index (χ3n) is 5.29.